The Morgan fingerprint density at radius 3 is 2.25 bits per heavy atom. The van der Waals surface area contributed by atoms with Gasteiger partial charge in [0.2, 0.25) is 5.88 Å². The van der Waals surface area contributed by atoms with Crippen LogP contribution < -0.4 is 0 Å². The Morgan fingerprint density at radius 1 is 0.875 bits per heavy atom. The molecule has 24 heavy (non-hydrogen) atoms. The lowest BCUT2D eigenvalue weighted by Gasteiger charge is -2.25. The largest absolute Gasteiger partial charge is 0.494 e. The van der Waals surface area contributed by atoms with Gasteiger partial charge in [0, 0.05) is 37.2 Å². The first-order valence-corrected chi connectivity index (χ1v) is 7.68. The van der Waals surface area contributed by atoms with E-state index >= 15 is 0 Å². The van der Waals surface area contributed by atoms with Crippen LogP contribution in [0.15, 0.2) is 30.3 Å². The maximum atomic E-state index is 10.4. The molecular formula is C18H18N2O4. The van der Waals surface area contributed by atoms with E-state index in [1.807, 2.05) is 24.3 Å². The van der Waals surface area contributed by atoms with E-state index in [4.69, 9.17) is 0 Å². The predicted molar refractivity (Wildman–Crippen MR) is 88.5 cm³/mol. The fraction of sp³-hybridized carbons (Fsp3) is 0.222. The van der Waals surface area contributed by atoms with Gasteiger partial charge in [-0.1, -0.05) is 24.3 Å². The maximum Gasteiger partial charge on any atom is 0.202 e. The highest BCUT2D eigenvalue weighted by atomic mass is 16.3. The summed E-state index contributed by atoms with van der Waals surface area (Å²) in [7, 11) is 3.19. The summed E-state index contributed by atoms with van der Waals surface area (Å²) in [6.45, 7) is 0. The number of aromatic nitrogens is 2. The smallest absolute Gasteiger partial charge is 0.202 e. The Kier molecular flexibility index (Phi) is 2.87. The van der Waals surface area contributed by atoms with Crippen LogP contribution in [-0.2, 0) is 20.5 Å². The van der Waals surface area contributed by atoms with Crippen molar-refractivity contribution in [2.24, 2.45) is 14.1 Å². The van der Waals surface area contributed by atoms with Gasteiger partial charge in [0.1, 0.15) is 0 Å². The van der Waals surface area contributed by atoms with Crippen LogP contribution in [0.5, 0.6) is 23.5 Å². The highest BCUT2D eigenvalue weighted by Gasteiger charge is 2.35. The Bertz CT molecular complexity index is 968. The molecule has 2 aromatic heterocycles. The van der Waals surface area contributed by atoms with Crippen LogP contribution in [0, 0.1) is 0 Å². The van der Waals surface area contributed by atoms with E-state index in [-0.39, 0.29) is 29.4 Å². The molecule has 1 aliphatic carbocycles. The minimum Gasteiger partial charge on any atom is -0.494 e. The van der Waals surface area contributed by atoms with Crippen LogP contribution >= 0.6 is 0 Å². The van der Waals surface area contributed by atoms with Gasteiger partial charge in [-0.3, -0.25) is 9.13 Å². The van der Waals surface area contributed by atoms with Crippen molar-refractivity contribution in [3.8, 4) is 34.6 Å². The van der Waals surface area contributed by atoms with Crippen molar-refractivity contribution in [1.29, 1.82) is 0 Å². The van der Waals surface area contributed by atoms with Gasteiger partial charge in [0.05, 0.1) is 5.56 Å². The monoisotopic (exact) mass is 326 g/mol. The number of hydrogen-bond acceptors (Lipinski definition) is 4. The highest BCUT2D eigenvalue weighted by molar-refractivity contribution is 5.81. The van der Waals surface area contributed by atoms with Gasteiger partial charge in [-0.15, -0.1) is 0 Å². The molecule has 0 radical (unpaired) electrons. The summed E-state index contributed by atoms with van der Waals surface area (Å²) in [5.74, 6) is -0.218. The quantitative estimate of drug-likeness (QED) is 0.553. The molecule has 0 amide bonds. The van der Waals surface area contributed by atoms with Crippen molar-refractivity contribution in [1.82, 2.24) is 9.13 Å². The molecule has 6 nitrogen and oxygen atoms in total. The molecule has 1 aliphatic rings. The Labute approximate surface area is 138 Å². The average molecular weight is 326 g/mol. The Morgan fingerprint density at radius 2 is 1.58 bits per heavy atom. The summed E-state index contributed by atoms with van der Waals surface area (Å²) in [4.78, 5) is 0. The summed E-state index contributed by atoms with van der Waals surface area (Å²) in [5, 5.41) is 41.0. The zero-order valence-corrected chi connectivity index (χ0v) is 13.4. The standard InChI is InChI=1S/C18H18N2O4/c1-19-14(21)8-12(16(19)22)11-7-13-15(18(24)20(2)17(13)23)10-6-4-3-5-9(10)11/h3-6,8,11,21-24H,7H2,1-2H3. The second kappa shape index (κ2) is 4.74. The molecule has 6 heteroatoms. The number of hydrogen-bond donors (Lipinski definition) is 4. The Balaban J connectivity index is 1.99. The van der Waals surface area contributed by atoms with Crippen molar-refractivity contribution in [3.63, 3.8) is 0 Å². The number of aromatic hydroxyl groups is 4. The van der Waals surface area contributed by atoms with E-state index in [9.17, 15) is 20.4 Å². The molecule has 1 aromatic carbocycles. The third-order valence-electron chi connectivity index (χ3n) is 5.02. The van der Waals surface area contributed by atoms with Crippen LogP contribution in [0.25, 0.3) is 11.1 Å². The molecule has 2 heterocycles. The first kappa shape index (κ1) is 14.6. The summed E-state index contributed by atoms with van der Waals surface area (Å²) < 4.78 is 2.67. The molecule has 0 saturated heterocycles. The maximum absolute atomic E-state index is 10.4. The van der Waals surface area contributed by atoms with Crippen molar-refractivity contribution in [2.45, 2.75) is 12.3 Å². The number of benzene rings is 1. The van der Waals surface area contributed by atoms with Crippen molar-refractivity contribution in [3.05, 3.63) is 47.0 Å². The third kappa shape index (κ3) is 1.71. The average Bonchev–Trinajstić information content (AvgIpc) is 2.97. The molecule has 124 valence electrons. The van der Waals surface area contributed by atoms with E-state index in [1.54, 1.807) is 20.2 Å². The van der Waals surface area contributed by atoms with Gasteiger partial charge >= 0.3 is 0 Å². The number of fused-ring (bicyclic) bond motifs is 3. The fourth-order valence-corrected chi connectivity index (χ4v) is 3.67. The summed E-state index contributed by atoms with van der Waals surface area (Å²) >= 11 is 0. The van der Waals surface area contributed by atoms with E-state index in [1.165, 1.54) is 9.13 Å². The van der Waals surface area contributed by atoms with E-state index in [0.29, 0.717) is 23.1 Å². The van der Waals surface area contributed by atoms with Gasteiger partial charge in [0.15, 0.2) is 17.6 Å². The normalized spacial score (nSPS) is 16.0. The molecular weight excluding hydrogens is 308 g/mol. The van der Waals surface area contributed by atoms with Crippen molar-refractivity contribution < 1.29 is 20.4 Å². The first-order valence-electron chi connectivity index (χ1n) is 7.68. The van der Waals surface area contributed by atoms with Crippen LogP contribution in [0.1, 0.15) is 22.6 Å². The molecule has 1 atom stereocenters. The molecule has 0 saturated carbocycles. The SMILES string of the molecule is Cn1c(O)cc(C2Cc3c(c(O)n(C)c3O)-c3ccccc32)c1O. The molecule has 4 N–H and O–H groups in total. The van der Waals surface area contributed by atoms with Gasteiger partial charge in [-0.25, -0.2) is 0 Å². The van der Waals surface area contributed by atoms with Crippen LogP contribution in [0.3, 0.4) is 0 Å². The third-order valence-corrected chi connectivity index (χ3v) is 5.02. The molecule has 3 aromatic rings. The lowest BCUT2D eigenvalue weighted by molar-refractivity contribution is 0.382. The van der Waals surface area contributed by atoms with Crippen molar-refractivity contribution >= 4 is 0 Å². The van der Waals surface area contributed by atoms with Crippen LogP contribution in [0.2, 0.25) is 0 Å². The van der Waals surface area contributed by atoms with E-state index in [2.05, 4.69) is 0 Å². The summed E-state index contributed by atoms with van der Waals surface area (Å²) in [6.07, 6.45) is 0.420. The lowest BCUT2D eigenvalue weighted by atomic mass is 9.77. The van der Waals surface area contributed by atoms with E-state index < -0.39 is 0 Å². The second-order valence-corrected chi connectivity index (χ2v) is 6.24. The van der Waals surface area contributed by atoms with Gasteiger partial charge in [-0.2, -0.15) is 0 Å². The molecule has 4 rings (SSSR count). The van der Waals surface area contributed by atoms with Gasteiger partial charge in [0.25, 0.3) is 0 Å². The number of nitrogens with zero attached hydrogens (tertiary/aromatic N) is 2. The highest BCUT2D eigenvalue weighted by Crippen LogP contribution is 2.52. The van der Waals surface area contributed by atoms with Crippen LogP contribution in [0.4, 0.5) is 0 Å². The minimum atomic E-state index is -0.228. The fourth-order valence-electron chi connectivity index (χ4n) is 3.67. The second-order valence-electron chi connectivity index (χ2n) is 6.24. The molecule has 0 fully saturated rings. The van der Waals surface area contributed by atoms with Gasteiger partial charge in [-0.05, 0) is 17.5 Å². The predicted octanol–water partition coefficient (Wildman–Crippen LogP) is 2.54. The summed E-state index contributed by atoms with van der Waals surface area (Å²) in [6, 6.07) is 9.14. The lowest BCUT2D eigenvalue weighted by Crippen LogP contribution is -2.11. The zero-order chi connectivity index (χ0) is 17.2. The van der Waals surface area contributed by atoms with Crippen LogP contribution in [-0.4, -0.2) is 29.6 Å². The zero-order valence-electron chi connectivity index (χ0n) is 13.4. The Hall–Kier alpha value is -3.02. The van der Waals surface area contributed by atoms with Gasteiger partial charge < -0.3 is 20.4 Å². The van der Waals surface area contributed by atoms with E-state index in [0.717, 1.165) is 11.1 Å². The number of rotatable bonds is 1. The van der Waals surface area contributed by atoms with Crippen molar-refractivity contribution in [2.75, 3.05) is 0 Å². The first-order chi connectivity index (χ1) is 11.4. The molecule has 0 aliphatic heterocycles. The topological polar surface area (TPSA) is 90.8 Å². The minimum absolute atomic E-state index is 0.00426. The molecule has 0 spiro atoms. The molecule has 0 bridgehead atoms. The summed E-state index contributed by atoms with van der Waals surface area (Å²) in [5.41, 5.74) is 3.62. The molecule has 1 unspecified atom stereocenters.